The largest absolute Gasteiger partial charge is 0.479 e. The maximum absolute atomic E-state index is 15.3. The maximum atomic E-state index is 15.3. The molecule has 0 spiro atoms. The van der Waals surface area contributed by atoms with Crippen LogP contribution >= 0.6 is 0 Å². The summed E-state index contributed by atoms with van der Waals surface area (Å²) in [6.45, 7) is -3.88. The Labute approximate surface area is 201 Å². The van der Waals surface area contributed by atoms with E-state index in [0.717, 1.165) is 15.6 Å². The van der Waals surface area contributed by atoms with Crippen LogP contribution in [0.5, 0.6) is 5.88 Å². The number of piperidine rings is 1. The Morgan fingerprint density at radius 1 is 1.34 bits per heavy atom. The molecule has 0 bridgehead atoms. The average molecular weight is 495 g/mol. The standard InChI is InChI=1S/C22H24F4N8O/c1-32-9-6-17(22(25,26)12-32)27-21-28-20(35-2)19-18(14(24)11-34(19)30-21)13-4-5-15-16(10-13)33(31-29-15)8-3-7-23/h4-5,10-11,17H,3,6-9,12H2,1-2H3,(H,27,30)/i1D3. The van der Waals surface area contributed by atoms with Crippen LogP contribution in [0.3, 0.4) is 0 Å². The van der Waals surface area contributed by atoms with Crippen molar-refractivity contribution in [3.63, 3.8) is 0 Å². The van der Waals surface area contributed by atoms with Crippen LogP contribution in [0.1, 0.15) is 17.0 Å². The van der Waals surface area contributed by atoms with Gasteiger partial charge in [0.2, 0.25) is 11.8 Å². The molecular weight excluding hydrogens is 468 g/mol. The number of rotatable bonds is 7. The van der Waals surface area contributed by atoms with Gasteiger partial charge in [0.05, 0.1) is 43.6 Å². The molecule has 1 N–H and O–H groups in total. The quantitative estimate of drug-likeness (QED) is 0.394. The highest BCUT2D eigenvalue weighted by Gasteiger charge is 2.44. The lowest BCUT2D eigenvalue weighted by molar-refractivity contribution is -0.0675. The van der Waals surface area contributed by atoms with Crippen molar-refractivity contribution in [1.82, 2.24) is 34.5 Å². The summed E-state index contributed by atoms with van der Waals surface area (Å²) in [5.41, 5.74) is 1.86. The Morgan fingerprint density at radius 2 is 2.20 bits per heavy atom. The Balaban J connectivity index is 1.50. The van der Waals surface area contributed by atoms with Gasteiger partial charge in [0, 0.05) is 17.2 Å². The Kier molecular flexibility index (Phi) is 5.06. The third kappa shape index (κ3) is 4.24. The predicted octanol–water partition coefficient (Wildman–Crippen LogP) is 3.40. The molecule has 1 unspecified atom stereocenters. The number of hydrogen-bond acceptors (Lipinski definition) is 7. The van der Waals surface area contributed by atoms with Crippen LogP contribution in [0.2, 0.25) is 0 Å². The first-order chi connectivity index (χ1) is 18.0. The molecule has 1 aliphatic heterocycles. The van der Waals surface area contributed by atoms with Crippen LogP contribution < -0.4 is 10.1 Å². The van der Waals surface area contributed by atoms with Crippen molar-refractivity contribution in [2.24, 2.45) is 0 Å². The molecule has 0 aliphatic carbocycles. The number of methoxy groups -OCH3 is 1. The molecule has 1 atom stereocenters. The van der Waals surface area contributed by atoms with Gasteiger partial charge >= 0.3 is 0 Å². The second-order valence-electron chi connectivity index (χ2n) is 8.32. The molecule has 0 radical (unpaired) electrons. The van der Waals surface area contributed by atoms with E-state index in [-0.39, 0.29) is 42.3 Å². The number of aromatic nitrogens is 6. The van der Waals surface area contributed by atoms with Gasteiger partial charge in [0.15, 0.2) is 5.82 Å². The third-order valence-electron chi connectivity index (χ3n) is 5.95. The van der Waals surface area contributed by atoms with E-state index in [9.17, 15) is 13.2 Å². The second-order valence-corrected chi connectivity index (χ2v) is 8.32. The van der Waals surface area contributed by atoms with E-state index in [2.05, 4.69) is 25.7 Å². The van der Waals surface area contributed by atoms with E-state index in [0.29, 0.717) is 23.1 Å². The van der Waals surface area contributed by atoms with E-state index >= 15 is 4.39 Å². The maximum Gasteiger partial charge on any atom is 0.280 e. The molecule has 13 heteroatoms. The van der Waals surface area contributed by atoms with Crippen LogP contribution in [0, 0.1) is 5.82 Å². The summed E-state index contributed by atoms with van der Waals surface area (Å²) in [4.78, 5) is 4.94. The normalized spacial score (nSPS) is 20.0. The zero-order valence-electron chi connectivity index (χ0n) is 21.7. The van der Waals surface area contributed by atoms with Crippen LogP contribution in [0.4, 0.5) is 23.5 Å². The highest BCUT2D eigenvalue weighted by Crippen LogP contribution is 2.36. The number of halogens is 4. The van der Waals surface area contributed by atoms with Gasteiger partial charge in [-0.25, -0.2) is 22.4 Å². The summed E-state index contributed by atoms with van der Waals surface area (Å²) in [6.07, 6.45) is 1.15. The zero-order chi connectivity index (χ0) is 27.2. The number of hydrogen-bond donors (Lipinski definition) is 1. The molecule has 9 nitrogen and oxygen atoms in total. The smallest absolute Gasteiger partial charge is 0.280 e. The van der Waals surface area contributed by atoms with Gasteiger partial charge in [-0.1, -0.05) is 11.3 Å². The third-order valence-corrected chi connectivity index (χ3v) is 5.95. The lowest BCUT2D eigenvalue weighted by Gasteiger charge is -2.36. The lowest BCUT2D eigenvalue weighted by atomic mass is 10.0. The Bertz CT molecular complexity index is 1470. The number of benzene rings is 1. The van der Waals surface area contributed by atoms with Crippen LogP contribution in [0.25, 0.3) is 27.7 Å². The highest BCUT2D eigenvalue weighted by molar-refractivity contribution is 5.89. The summed E-state index contributed by atoms with van der Waals surface area (Å²) in [6, 6.07) is 3.52. The van der Waals surface area contributed by atoms with Gasteiger partial charge in [-0.05, 0) is 37.5 Å². The first-order valence-corrected chi connectivity index (χ1v) is 10.9. The molecule has 35 heavy (non-hydrogen) atoms. The average Bonchev–Trinajstić information content (AvgIpc) is 3.41. The van der Waals surface area contributed by atoms with Gasteiger partial charge in [-0.3, -0.25) is 4.39 Å². The number of nitrogens with zero attached hydrogens (tertiary/aromatic N) is 7. The summed E-state index contributed by atoms with van der Waals surface area (Å²) < 4.78 is 87.8. The van der Waals surface area contributed by atoms with Crippen molar-refractivity contribution in [3.8, 4) is 17.0 Å². The van der Waals surface area contributed by atoms with E-state index in [1.807, 2.05) is 0 Å². The van der Waals surface area contributed by atoms with Gasteiger partial charge < -0.3 is 15.0 Å². The summed E-state index contributed by atoms with van der Waals surface area (Å²) in [5.74, 6) is -4.34. The molecule has 0 saturated carbocycles. The summed E-state index contributed by atoms with van der Waals surface area (Å²) in [7, 11) is 1.31. The molecule has 0 amide bonds. The fraction of sp³-hybridized carbons (Fsp3) is 0.455. The molecule has 186 valence electrons. The van der Waals surface area contributed by atoms with Crippen LogP contribution in [-0.4, -0.2) is 80.3 Å². The molecule has 4 heterocycles. The number of anilines is 1. The van der Waals surface area contributed by atoms with Crippen LogP contribution in [0.15, 0.2) is 24.4 Å². The first kappa shape index (κ1) is 19.8. The Morgan fingerprint density at radius 3 is 2.94 bits per heavy atom. The first-order valence-electron chi connectivity index (χ1n) is 12.4. The number of ether oxygens (including phenoxy) is 1. The monoisotopic (exact) mass is 495 g/mol. The van der Waals surface area contributed by atoms with Crippen molar-refractivity contribution in [2.45, 2.75) is 31.4 Å². The Hall–Kier alpha value is -3.48. The van der Waals surface area contributed by atoms with E-state index in [1.165, 1.54) is 11.8 Å². The fourth-order valence-electron chi connectivity index (χ4n) is 4.27. The van der Waals surface area contributed by atoms with Crippen molar-refractivity contribution >= 4 is 22.5 Å². The van der Waals surface area contributed by atoms with Gasteiger partial charge in [-0.2, -0.15) is 4.98 Å². The molecule has 1 saturated heterocycles. The zero-order valence-corrected chi connectivity index (χ0v) is 18.7. The minimum Gasteiger partial charge on any atom is -0.479 e. The number of alkyl halides is 3. The molecule has 1 fully saturated rings. The number of aryl methyl sites for hydroxylation is 1. The molecule has 5 rings (SSSR count). The SMILES string of the molecule is [2H]C([2H])([2H])N1CCC(Nc2nc(OC)c3c(-c4ccc5nnn(CCCF)c5c4)c(F)cn3n2)C(F)(F)C1. The minimum absolute atomic E-state index is 0.0613. The van der Waals surface area contributed by atoms with Crippen LogP contribution in [-0.2, 0) is 6.54 Å². The second kappa shape index (κ2) is 8.95. The highest BCUT2D eigenvalue weighted by atomic mass is 19.3. The summed E-state index contributed by atoms with van der Waals surface area (Å²) >= 11 is 0. The molecule has 4 aromatic rings. The number of nitrogens with one attached hydrogen (secondary N) is 1. The predicted molar refractivity (Wildman–Crippen MR) is 121 cm³/mol. The van der Waals surface area contributed by atoms with Gasteiger partial charge in [-0.15, -0.1) is 10.2 Å². The van der Waals surface area contributed by atoms with E-state index in [4.69, 9.17) is 8.85 Å². The van der Waals surface area contributed by atoms with Crippen molar-refractivity contribution in [3.05, 3.63) is 30.2 Å². The lowest BCUT2D eigenvalue weighted by Crippen LogP contribution is -2.53. The topological polar surface area (TPSA) is 85.4 Å². The number of likely N-dealkylation sites (tertiary alicyclic amines) is 1. The van der Waals surface area contributed by atoms with E-state index in [1.54, 1.807) is 18.2 Å². The van der Waals surface area contributed by atoms with Gasteiger partial charge in [0.1, 0.15) is 11.0 Å². The minimum atomic E-state index is -3.39. The molecule has 1 aliphatic rings. The van der Waals surface area contributed by atoms with Gasteiger partial charge in [0.25, 0.3) is 5.92 Å². The van der Waals surface area contributed by atoms with E-state index < -0.39 is 38.0 Å². The van der Waals surface area contributed by atoms with Crippen molar-refractivity contribution in [1.29, 1.82) is 0 Å². The molecular formula is C22H24F4N8O. The number of fused-ring (bicyclic) bond motifs is 2. The molecule has 3 aromatic heterocycles. The fourth-order valence-corrected chi connectivity index (χ4v) is 4.27. The van der Waals surface area contributed by atoms with Crippen molar-refractivity contribution < 1.29 is 26.4 Å². The molecule has 1 aromatic carbocycles. The van der Waals surface area contributed by atoms with Crippen molar-refractivity contribution in [2.75, 3.05) is 39.2 Å². The summed E-state index contributed by atoms with van der Waals surface area (Å²) in [5, 5.41) is 14.8.